The quantitative estimate of drug-likeness (QED) is 0.709. The van der Waals surface area contributed by atoms with Gasteiger partial charge in [-0.2, -0.15) is 0 Å². The summed E-state index contributed by atoms with van der Waals surface area (Å²) in [5, 5.41) is 6.32. The Morgan fingerprint density at radius 1 is 1.38 bits per heavy atom. The van der Waals surface area contributed by atoms with E-state index in [2.05, 4.69) is 22.6 Å². The molecule has 2 rings (SSSR count). The second kappa shape index (κ2) is 5.64. The van der Waals surface area contributed by atoms with Crippen molar-refractivity contribution in [2.24, 2.45) is 0 Å². The molecule has 16 heavy (non-hydrogen) atoms. The molecule has 1 saturated carbocycles. The highest BCUT2D eigenvalue weighted by Crippen LogP contribution is 2.24. The van der Waals surface area contributed by atoms with Gasteiger partial charge in [0, 0.05) is 25.7 Å². The summed E-state index contributed by atoms with van der Waals surface area (Å²) in [6, 6.07) is 0.847. The molecule has 2 aliphatic rings. The van der Waals surface area contributed by atoms with Crippen molar-refractivity contribution in [1.82, 2.24) is 15.5 Å². The van der Waals surface area contributed by atoms with Gasteiger partial charge in [0.1, 0.15) is 0 Å². The third kappa shape index (κ3) is 3.46. The molecule has 1 amide bonds. The van der Waals surface area contributed by atoms with E-state index in [1.54, 1.807) is 0 Å². The lowest BCUT2D eigenvalue weighted by Gasteiger charge is -2.19. The molecule has 0 aromatic heterocycles. The highest BCUT2D eigenvalue weighted by atomic mass is 16.2. The van der Waals surface area contributed by atoms with Crippen LogP contribution >= 0.6 is 0 Å². The first-order valence-electron chi connectivity index (χ1n) is 6.48. The van der Waals surface area contributed by atoms with E-state index in [0.717, 1.165) is 44.9 Å². The normalized spacial score (nSPS) is 26.6. The SMILES string of the molecule is CN(CCNC1CCCCNC1=O)C1CC1. The van der Waals surface area contributed by atoms with E-state index in [0.29, 0.717) is 0 Å². The molecule has 2 fully saturated rings. The van der Waals surface area contributed by atoms with E-state index >= 15 is 0 Å². The van der Waals surface area contributed by atoms with Gasteiger partial charge in [-0.25, -0.2) is 0 Å². The van der Waals surface area contributed by atoms with Gasteiger partial charge in [0.05, 0.1) is 6.04 Å². The Morgan fingerprint density at radius 2 is 2.19 bits per heavy atom. The summed E-state index contributed by atoms with van der Waals surface area (Å²) in [5.41, 5.74) is 0. The summed E-state index contributed by atoms with van der Waals surface area (Å²) in [4.78, 5) is 14.0. The van der Waals surface area contributed by atoms with Crippen LogP contribution in [0, 0.1) is 0 Å². The third-order valence-corrected chi connectivity index (χ3v) is 3.56. The zero-order valence-corrected chi connectivity index (χ0v) is 10.2. The summed E-state index contributed by atoms with van der Waals surface area (Å²) in [5.74, 6) is 0.187. The minimum absolute atomic E-state index is 0.0371. The van der Waals surface area contributed by atoms with Crippen molar-refractivity contribution in [2.75, 3.05) is 26.7 Å². The van der Waals surface area contributed by atoms with Crippen molar-refractivity contribution in [1.29, 1.82) is 0 Å². The van der Waals surface area contributed by atoms with Crippen LogP contribution in [-0.2, 0) is 4.79 Å². The lowest BCUT2D eigenvalue weighted by molar-refractivity contribution is -0.122. The van der Waals surface area contributed by atoms with Crippen LogP contribution < -0.4 is 10.6 Å². The Kier molecular flexibility index (Phi) is 4.18. The first-order chi connectivity index (χ1) is 7.77. The van der Waals surface area contributed by atoms with E-state index in [9.17, 15) is 4.79 Å². The van der Waals surface area contributed by atoms with Crippen molar-refractivity contribution in [2.45, 2.75) is 44.2 Å². The van der Waals surface area contributed by atoms with Gasteiger partial charge in [0.15, 0.2) is 0 Å². The first-order valence-corrected chi connectivity index (χ1v) is 6.48. The lowest BCUT2D eigenvalue weighted by Crippen LogP contribution is -2.45. The van der Waals surface area contributed by atoms with Crippen LogP contribution in [-0.4, -0.2) is 49.6 Å². The van der Waals surface area contributed by atoms with Gasteiger partial charge in [-0.3, -0.25) is 4.79 Å². The molecule has 4 nitrogen and oxygen atoms in total. The summed E-state index contributed by atoms with van der Waals surface area (Å²) < 4.78 is 0. The number of carbonyl (C=O) groups is 1. The molecular weight excluding hydrogens is 202 g/mol. The largest absolute Gasteiger partial charge is 0.355 e. The van der Waals surface area contributed by atoms with Gasteiger partial charge in [-0.1, -0.05) is 0 Å². The predicted molar refractivity (Wildman–Crippen MR) is 64.3 cm³/mol. The summed E-state index contributed by atoms with van der Waals surface area (Å²) in [6.45, 7) is 2.82. The molecule has 1 aliphatic carbocycles. The highest BCUT2D eigenvalue weighted by Gasteiger charge is 2.26. The van der Waals surface area contributed by atoms with Gasteiger partial charge in [-0.05, 0) is 39.2 Å². The molecule has 1 aliphatic heterocycles. The fourth-order valence-corrected chi connectivity index (χ4v) is 2.25. The molecule has 0 aromatic rings. The van der Waals surface area contributed by atoms with Crippen LogP contribution in [0.15, 0.2) is 0 Å². The van der Waals surface area contributed by atoms with E-state index in [1.165, 1.54) is 12.8 Å². The van der Waals surface area contributed by atoms with Crippen molar-refractivity contribution < 1.29 is 4.79 Å². The van der Waals surface area contributed by atoms with Crippen molar-refractivity contribution >= 4 is 5.91 Å². The van der Waals surface area contributed by atoms with Crippen LogP contribution in [0.4, 0.5) is 0 Å². The molecule has 0 aromatic carbocycles. The average Bonchev–Trinajstić information content (AvgIpc) is 3.07. The Bertz CT molecular complexity index is 240. The molecule has 1 heterocycles. The molecule has 4 heteroatoms. The van der Waals surface area contributed by atoms with Crippen molar-refractivity contribution in [3.8, 4) is 0 Å². The van der Waals surface area contributed by atoms with Gasteiger partial charge < -0.3 is 15.5 Å². The number of rotatable bonds is 5. The molecule has 0 spiro atoms. The number of hydrogen-bond donors (Lipinski definition) is 2. The molecular formula is C12H23N3O. The maximum atomic E-state index is 11.6. The average molecular weight is 225 g/mol. The highest BCUT2D eigenvalue weighted by molar-refractivity contribution is 5.81. The minimum Gasteiger partial charge on any atom is -0.355 e. The Labute approximate surface area is 97.8 Å². The van der Waals surface area contributed by atoms with Crippen molar-refractivity contribution in [3.05, 3.63) is 0 Å². The lowest BCUT2D eigenvalue weighted by atomic mass is 10.1. The van der Waals surface area contributed by atoms with Crippen LogP contribution in [0.1, 0.15) is 32.1 Å². The molecule has 1 saturated heterocycles. The Hall–Kier alpha value is -0.610. The number of hydrogen-bond acceptors (Lipinski definition) is 3. The van der Waals surface area contributed by atoms with E-state index < -0.39 is 0 Å². The Balaban J connectivity index is 1.65. The summed E-state index contributed by atoms with van der Waals surface area (Å²) in [7, 11) is 2.17. The van der Waals surface area contributed by atoms with E-state index in [-0.39, 0.29) is 11.9 Å². The number of nitrogens with one attached hydrogen (secondary N) is 2. The molecule has 92 valence electrons. The first kappa shape index (κ1) is 11.9. The zero-order valence-electron chi connectivity index (χ0n) is 10.2. The Morgan fingerprint density at radius 3 is 2.94 bits per heavy atom. The van der Waals surface area contributed by atoms with Gasteiger partial charge in [-0.15, -0.1) is 0 Å². The van der Waals surface area contributed by atoms with Crippen LogP contribution in [0.5, 0.6) is 0 Å². The minimum atomic E-state index is 0.0371. The topological polar surface area (TPSA) is 44.4 Å². The second-order valence-corrected chi connectivity index (χ2v) is 5.01. The molecule has 2 N–H and O–H groups in total. The van der Waals surface area contributed by atoms with Crippen LogP contribution in [0.3, 0.4) is 0 Å². The van der Waals surface area contributed by atoms with Crippen molar-refractivity contribution in [3.63, 3.8) is 0 Å². The number of carbonyl (C=O) groups excluding carboxylic acids is 1. The molecule has 1 unspecified atom stereocenters. The van der Waals surface area contributed by atoms with Crippen LogP contribution in [0.2, 0.25) is 0 Å². The monoisotopic (exact) mass is 225 g/mol. The predicted octanol–water partition coefficient (Wildman–Crippen LogP) is 0.339. The summed E-state index contributed by atoms with van der Waals surface area (Å²) >= 11 is 0. The van der Waals surface area contributed by atoms with Crippen LogP contribution in [0.25, 0.3) is 0 Å². The zero-order chi connectivity index (χ0) is 11.4. The standard InChI is InChI=1S/C12H23N3O/c1-15(10-5-6-10)9-8-13-11-4-2-3-7-14-12(11)16/h10-11,13H,2-9H2,1H3,(H,14,16). The molecule has 1 atom stereocenters. The fraction of sp³-hybridized carbons (Fsp3) is 0.917. The fourth-order valence-electron chi connectivity index (χ4n) is 2.25. The smallest absolute Gasteiger partial charge is 0.237 e. The summed E-state index contributed by atoms with van der Waals surface area (Å²) in [6.07, 6.45) is 5.95. The molecule has 0 radical (unpaired) electrons. The maximum Gasteiger partial charge on any atom is 0.237 e. The van der Waals surface area contributed by atoms with Gasteiger partial charge in [0.2, 0.25) is 5.91 Å². The second-order valence-electron chi connectivity index (χ2n) is 5.01. The van der Waals surface area contributed by atoms with Gasteiger partial charge in [0.25, 0.3) is 0 Å². The van der Waals surface area contributed by atoms with E-state index in [4.69, 9.17) is 0 Å². The van der Waals surface area contributed by atoms with Gasteiger partial charge >= 0.3 is 0 Å². The maximum absolute atomic E-state index is 11.6. The third-order valence-electron chi connectivity index (χ3n) is 3.56. The number of amides is 1. The number of likely N-dealkylation sites (N-methyl/N-ethyl adjacent to an activating group) is 1. The molecule has 0 bridgehead atoms. The number of nitrogens with zero attached hydrogens (tertiary/aromatic N) is 1. The van der Waals surface area contributed by atoms with E-state index in [1.807, 2.05) is 0 Å².